The van der Waals surface area contributed by atoms with Gasteiger partial charge >= 0.3 is 0 Å². The van der Waals surface area contributed by atoms with Gasteiger partial charge in [0.2, 0.25) is 0 Å². The zero-order valence-corrected chi connectivity index (χ0v) is 15.3. The highest BCUT2D eigenvalue weighted by Crippen LogP contribution is 2.26. The van der Waals surface area contributed by atoms with Crippen LogP contribution in [0.2, 0.25) is 0 Å². The summed E-state index contributed by atoms with van der Waals surface area (Å²) in [6.45, 7) is 0. The second-order valence-electron chi connectivity index (χ2n) is 6.54. The predicted molar refractivity (Wildman–Crippen MR) is 117 cm³/mol. The standard InChI is InChI=1S/C24H20N4/c25-21-9-1-17(2-10-21)19-5-13-23(14-6-19)27-28-24-15-7-20(8-16-24)18-3-11-22(26)12-4-18/h1-16H,25-26H2. The van der Waals surface area contributed by atoms with E-state index in [0.717, 1.165) is 45.0 Å². The van der Waals surface area contributed by atoms with Gasteiger partial charge in [-0.3, -0.25) is 0 Å². The Hall–Kier alpha value is -3.92. The lowest BCUT2D eigenvalue weighted by Gasteiger charge is -2.03. The maximum atomic E-state index is 5.74. The fourth-order valence-corrected chi connectivity index (χ4v) is 2.91. The molecule has 0 aromatic heterocycles. The first-order valence-corrected chi connectivity index (χ1v) is 9.01. The molecule has 0 bridgehead atoms. The molecule has 0 spiro atoms. The van der Waals surface area contributed by atoms with E-state index in [9.17, 15) is 0 Å². The molecule has 4 aromatic rings. The molecule has 0 radical (unpaired) electrons. The first-order chi connectivity index (χ1) is 13.7. The summed E-state index contributed by atoms with van der Waals surface area (Å²) in [5.41, 5.74) is 19.1. The van der Waals surface area contributed by atoms with Crippen molar-refractivity contribution in [3.63, 3.8) is 0 Å². The molecule has 0 saturated carbocycles. The fourth-order valence-electron chi connectivity index (χ4n) is 2.91. The highest BCUT2D eigenvalue weighted by molar-refractivity contribution is 5.68. The maximum absolute atomic E-state index is 5.74. The minimum Gasteiger partial charge on any atom is -0.399 e. The van der Waals surface area contributed by atoms with Crippen molar-refractivity contribution < 1.29 is 0 Å². The van der Waals surface area contributed by atoms with E-state index in [1.165, 1.54) is 0 Å². The first-order valence-electron chi connectivity index (χ1n) is 9.01. The molecule has 0 aliphatic heterocycles. The summed E-state index contributed by atoms with van der Waals surface area (Å²) in [5, 5.41) is 8.66. The van der Waals surface area contributed by atoms with Gasteiger partial charge in [-0.15, -0.1) is 0 Å². The van der Waals surface area contributed by atoms with Crippen LogP contribution in [0, 0.1) is 0 Å². The van der Waals surface area contributed by atoms with Crippen LogP contribution in [0.15, 0.2) is 107 Å². The number of hydrogen-bond acceptors (Lipinski definition) is 4. The van der Waals surface area contributed by atoms with Gasteiger partial charge in [0, 0.05) is 11.4 Å². The molecule has 4 heteroatoms. The lowest BCUT2D eigenvalue weighted by atomic mass is 10.1. The Morgan fingerprint density at radius 1 is 0.357 bits per heavy atom. The van der Waals surface area contributed by atoms with Gasteiger partial charge in [0.05, 0.1) is 11.4 Å². The molecule has 0 aliphatic carbocycles. The summed E-state index contributed by atoms with van der Waals surface area (Å²) in [6, 6.07) is 31.6. The third-order valence-electron chi connectivity index (χ3n) is 4.50. The Balaban J connectivity index is 1.46. The minimum atomic E-state index is 0.761. The van der Waals surface area contributed by atoms with Crippen LogP contribution in [0.4, 0.5) is 22.7 Å². The third-order valence-corrected chi connectivity index (χ3v) is 4.50. The number of anilines is 2. The molecule has 0 heterocycles. The van der Waals surface area contributed by atoms with E-state index in [0.29, 0.717) is 0 Å². The molecular formula is C24H20N4. The first kappa shape index (κ1) is 17.5. The van der Waals surface area contributed by atoms with Crippen LogP contribution in [-0.2, 0) is 0 Å². The fraction of sp³-hybridized carbons (Fsp3) is 0. The van der Waals surface area contributed by atoms with Crippen molar-refractivity contribution >= 4 is 22.7 Å². The largest absolute Gasteiger partial charge is 0.399 e. The van der Waals surface area contributed by atoms with Crippen LogP contribution in [0.5, 0.6) is 0 Å². The van der Waals surface area contributed by atoms with Crippen LogP contribution in [0.3, 0.4) is 0 Å². The summed E-state index contributed by atoms with van der Waals surface area (Å²) >= 11 is 0. The van der Waals surface area contributed by atoms with Crippen LogP contribution in [0.25, 0.3) is 22.3 Å². The van der Waals surface area contributed by atoms with Gasteiger partial charge < -0.3 is 11.5 Å². The zero-order chi connectivity index (χ0) is 19.3. The smallest absolute Gasteiger partial charge is 0.0857 e. The number of benzene rings is 4. The average Bonchev–Trinajstić information content (AvgIpc) is 2.74. The second-order valence-corrected chi connectivity index (χ2v) is 6.54. The van der Waals surface area contributed by atoms with E-state index >= 15 is 0 Å². The number of hydrogen-bond donors (Lipinski definition) is 2. The number of rotatable bonds is 4. The molecule has 0 aliphatic rings. The SMILES string of the molecule is Nc1ccc(-c2ccc(N=Nc3ccc(-c4ccc(N)cc4)cc3)cc2)cc1. The molecular weight excluding hydrogens is 344 g/mol. The van der Waals surface area contributed by atoms with Crippen LogP contribution in [-0.4, -0.2) is 0 Å². The quantitative estimate of drug-likeness (QED) is 0.316. The molecule has 0 saturated heterocycles. The van der Waals surface area contributed by atoms with Crippen LogP contribution in [0.1, 0.15) is 0 Å². The molecule has 28 heavy (non-hydrogen) atoms. The summed E-state index contributed by atoms with van der Waals surface area (Å²) in [6.07, 6.45) is 0. The molecule has 0 atom stereocenters. The van der Waals surface area contributed by atoms with Crippen LogP contribution < -0.4 is 11.5 Å². The van der Waals surface area contributed by atoms with Gasteiger partial charge in [-0.1, -0.05) is 48.5 Å². The van der Waals surface area contributed by atoms with Crippen molar-refractivity contribution in [2.24, 2.45) is 10.2 Å². The molecule has 0 unspecified atom stereocenters. The van der Waals surface area contributed by atoms with E-state index in [1.807, 2.05) is 97.1 Å². The molecule has 4 N–H and O–H groups in total. The number of nitrogens with two attached hydrogens (primary N) is 2. The number of azo groups is 1. The van der Waals surface area contributed by atoms with Gasteiger partial charge in [0.15, 0.2) is 0 Å². The maximum Gasteiger partial charge on any atom is 0.0857 e. The van der Waals surface area contributed by atoms with E-state index < -0.39 is 0 Å². The van der Waals surface area contributed by atoms with Gasteiger partial charge in [-0.25, -0.2) is 0 Å². The summed E-state index contributed by atoms with van der Waals surface area (Å²) in [5.74, 6) is 0. The Labute approximate surface area is 164 Å². The second kappa shape index (κ2) is 7.76. The summed E-state index contributed by atoms with van der Waals surface area (Å²) < 4.78 is 0. The Kier molecular flexibility index (Phi) is 4.85. The van der Waals surface area contributed by atoms with Gasteiger partial charge in [-0.2, -0.15) is 10.2 Å². The third kappa shape index (κ3) is 4.07. The van der Waals surface area contributed by atoms with Crippen molar-refractivity contribution in [3.8, 4) is 22.3 Å². The van der Waals surface area contributed by atoms with E-state index in [1.54, 1.807) is 0 Å². The van der Waals surface area contributed by atoms with Gasteiger partial charge in [0.25, 0.3) is 0 Å². The van der Waals surface area contributed by atoms with Crippen LogP contribution >= 0.6 is 0 Å². The zero-order valence-electron chi connectivity index (χ0n) is 15.3. The number of nitrogen functional groups attached to an aromatic ring is 2. The van der Waals surface area contributed by atoms with Gasteiger partial charge in [0.1, 0.15) is 0 Å². The predicted octanol–water partition coefficient (Wildman–Crippen LogP) is 6.60. The van der Waals surface area contributed by atoms with Crippen molar-refractivity contribution in [2.45, 2.75) is 0 Å². The topological polar surface area (TPSA) is 76.8 Å². The molecule has 4 rings (SSSR count). The Morgan fingerprint density at radius 3 is 0.893 bits per heavy atom. The summed E-state index contributed by atoms with van der Waals surface area (Å²) in [4.78, 5) is 0. The van der Waals surface area contributed by atoms with Crippen molar-refractivity contribution in [1.82, 2.24) is 0 Å². The number of nitrogens with zero attached hydrogens (tertiary/aromatic N) is 2. The monoisotopic (exact) mass is 364 g/mol. The van der Waals surface area contributed by atoms with E-state index in [4.69, 9.17) is 11.5 Å². The highest BCUT2D eigenvalue weighted by Gasteiger charge is 1.99. The average molecular weight is 364 g/mol. The van der Waals surface area contributed by atoms with E-state index in [-0.39, 0.29) is 0 Å². The molecule has 4 nitrogen and oxygen atoms in total. The van der Waals surface area contributed by atoms with Crippen molar-refractivity contribution in [2.75, 3.05) is 11.5 Å². The lowest BCUT2D eigenvalue weighted by molar-refractivity contribution is 1.23. The van der Waals surface area contributed by atoms with E-state index in [2.05, 4.69) is 10.2 Å². The molecule has 0 amide bonds. The molecule has 4 aromatic carbocycles. The highest BCUT2D eigenvalue weighted by atomic mass is 15.1. The summed E-state index contributed by atoms with van der Waals surface area (Å²) in [7, 11) is 0. The lowest BCUT2D eigenvalue weighted by Crippen LogP contribution is -1.83. The molecule has 136 valence electrons. The van der Waals surface area contributed by atoms with Crippen molar-refractivity contribution in [1.29, 1.82) is 0 Å². The normalized spacial score (nSPS) is 11.0. The Bertz CT molecular complexity index is 988. The minimum absolute atomic E-state index is 0.761. The van der Waals surface area contributed by atoms with Crippen molar-refractivity contribution in [3.05, 3.63) is 97.1 Å². The Morgan fingerprint density at radius 2 is 0.607 bits per heavy atom. The van der Waals surface area contributed by atoms with Gasteiger partial charge in [-0.05, 0) is 70.8 Å². The molecule has 0 fully saturated rings.